The van der Waals surface area contributed by atoms with Crippen molar-refractivity contribution in [3.05, 3.63) is 71.7 Å². The molecular weight excluding hydrogens is 451 g/mol. The van der Waals surface area contributed by atoms with Crippen molar-refractivity contribution in [1.82, 2.24) is 15.1 Å². The van der Waals surface area contributed by atoms with Crippen molar-refractivity contribution in [2.75, 3.05) is 19.0 Å². The first-order valence-corrected chi connectivity index (χ1v) is 11.1. The molecule has 0 amide bonds. The number of nitrogens with zero attached hydrogens (tertiary/aromatic N) is 3. The number of hydrogen-bond acceptors (Lipinski definition) is 7. The fourth-order valence-corrected chi connectivity index (χ4v) is 3.73. The lowest BCUT2D eigenvalue weighted by Crippen LogP contribution is -2.07. The van der Waals surface area contributed by atoms with Crippen LogP contribution in [0.2, 0.25) is 0 Å². The molecule has 8 nitrogen and oxygen atoms in total. The minimum Gasteiger partial charge on any atom is -0.481 e. The highest BCUT2D eigenvalue weighted by Crippen LogP contribution is 2.31. The van der Waals surface area contributed by atoms with E-state index in [1.165, 1.54) is 6.07 Å². The van der Waals surface area contributed by atoms with E-state index in [1.807, 2.05) is 31.2 Å². The average molecular weight is 477 g/mol. The lowest BCUT2D eigenvalue weighted by atomic mass is 9.97. The monoisotopic (exact) mass is 476 g/mol. The number of anilines is 1. The third-order valence-electron chi connectivity index (χ3n) is 5.44. The number of methoxy groups -OCH3 is 1. The number of halogens is 1. The van der Waals surface area contributed by atoms with Crippen LogP contribution in [0.1, 0.15) is 24.0 Å². The van der Waals surface area contributed by atoms with Gasteiger partial charge in [0.15, 0.2) is 0 Å². The molecule has 2 aromatic carbocycles. The number of pyridine rings is 1. The minimum atomic E-state index is -0.823. The lowest BCUT2D eigenvalue weighted by molar-refractivity contribution is -0.137. The standard InChI is InChI=1S/C26H25FN4O4/c1-16-12-18(14-29-24(16)28-11-5-8-23(32)33)25-30-26(35-31-25)17-9-10-20(19(13-17)15-34-2)21-6-3-4-7-22(21)27/h3-4,6-7,9-10,12-14H,5,8,11,15H2,1-2H3,(H,28,29)(H,32,33). The molecular formula is C26H25FN4O4. The van der Waals surface area contributed by atoms with Gasteiger partial charge in [0, 0.05) is 43.0 Å². The van der Waals surface area contributed by atoms with Gasteiger partial charge in [0.25, 0.3) is 5.89 Å². The van der Waals surface area contributed by atoms with E-state index >= 15 is 0 Å². The largest absolute Gasteiger partial charge is 0.481 e. The molecule has 4 rings (SSSR count). The number of aromatic nitrogens is 3. The van der Waals surface area contributed by atoms with E-state index < -0.39 is 5.97 Å². The molecule has 0 aliphatic carbocycles. The van der Waals surface area contributed by atoms with E-state index in [4.69, 9.17) is 14.4 Å². The van der Waals surface area contributed by atoms with Crippen LogP contribution in [0.4, 0.5) is 10.2 Å². The summed E-state index contributed by atoms with van der Waals surface area (Å²) < 4.78 is 25.2. The van der Waals surface area contributed by atoms with Crippen LogP contribution in [-0.4, -0.2) is 39.9 Å². The van der Waals surface area contributed by atoms with Crippen molar-refractivity contribution in [2.45, 2.75) is 26.4 Å². The Balaban J connectivity index is 1.55. The summed E-state index contributed by atoms with van der Waals surface area (Å²) in [5, 5.41) is 16.0. The Morgan fingerprint density at radius 1 is 1.14 bits per heavy atom. The highest BCUT2D eigenvalue weighted by molar-refractivity contribution is 5.72. The van der Waals surface area contributed by atoms with Crippen molar-refractivity contribution in [1.29, 1.82) is 0 Å². The van der Waals surface area contributed by atoms with Gasteiger partial charge in [-0.2, -0.15) is 4.98 Å². The fourth-order valence-electron chi connectivity index (χ4n) is 3.73. The number of hydrogen-bond donors (Lipinski definition) is 2. The van der Waals surface area contributed by atoms with Crippen molar-refractivity contribution in [2.24, 2.45) is 0 Å². The van der Waals surface area contributed by atoms with Crippen LogP contribution in [0.5, 0.6) is 0 Å². The van der Waals surface area contributed by atoms with E-state index in [0.29, 0.717) is 53.8 Å². The summed E-state index contributed by atoms with van der Waals surface area (Å²) in [6.45, 7) is 2.70. The Kier molecular flexibility index (Phi) is 7.47. The SMILES string of the molecule is COCc1cc(-c2nc(-c3cnc(NCCCC(=O)O)c(C)c3)no2)ccc1-c1ccccc1F. The molecule has 4 aromatic rings. The zero-order chi connectivity index (χ0) is 24.8. The molecule has 2 aromatic heterocycles. The van der Waals surface area contributed by atoms with Gasteiger partial charge >= 0.3 is 5.97 Å². The number of aryl methyl sites for hydroxylation is 1. The zero-order valence-corrected chi connectivity index (χ0v) is 19.4. The van der Waals surface area contributed by atoms with Gasteiger partial charge in [-0.05, 0) is 54.3 Å². The second kappa shape index (κ2) is 10.9. The first-order valence-electron chi connectivity index (χ1n) is 11.1. The van der Waals surface area contributed by atoms with Gasteiger partial charge in [-0.1, -0.05) is 29.4 Å². The van der Waals surface area contributed by atoms with E-state index in [9.17, 15) is 9.18 Å². The second-order valence-electron chi connectivity index (χ2n) is 8.02. The van der Waals surface area contributed by atoms with Crippen LogP contribution in [0, 0.1) is 12.7 Å². The van der Waals surface area contributed by atoms with Crippen LogP contribution >= 0.6 is 0 Å². The fraction of sp³-hybridized carbons (Fsp3) is 0.231. The third-order valence-corrected chi connectivity index (χ3v) is 5.44. The molecule has 0 radical (unpaired) electrons. The molecule has 0 bridgehead atoms. The number of nitrogens with one attached hydrogen (secondary N) is 1. The summed E-state index contributed by atoms with van der Waals surface area (Å²) >= 11 is 0. The smallest absolute Gasteiger partial charge is 0.303 e. The molecule has 0 aliphatic heterocycles. The Morgan fingerprint density at radius 3 is 2.71 bits per heavy atom. The first-order chi connectivity index (χ1) is 17.0. The number of carboxylic acid groups (broad SMARTS) is 1. The molecule has 180 valence electrons. The minimum absolute atomic E-state index is 0.100. The highest BCUT2D eigenvalue weighted by atomic mass is 19.1. The molecule has 35 heavy (non-hydrogen) atoms. The summed E-state index contributed by atoms with van der Waals surface area (Å²) in [7, 11) is 1.59. The Morgan fingerprint density at radius 2 is 1.97 bits per heavy atom. The topological polar surface area (TPSA) is 110 Å². The molecule has 2 heterocycles. The molecule has 0 fully saturated rings. The van der Waals surface area contributed by atoms with Gasteiger partial charge in [-0.3, -0.25) is 4.79 Å². The first kappa shape index (κ1) is 24.0. The second-order valence-corrected chi connectivity index (χ2v) is 8.02. The van der Waals surface area contributed by atoms with Crippen LogP contribution < -0.4 is 5.32 Å². The molecule has 9 heteroatoms. The average Bonchev–Trinajstić information content (AvgIpc) is 3.34. The quantitative estimate of drug-likeness (QED) is 0.295. The van der Waals surface area contributed by atoms with Crippen LogP contribution in [0.15, 0.2) is 59.3 Å². The number of benzene rings is 2. The van der Waals surface area contributed by atoms with Gasteiger partial charge in [0.2, 0.25) is 5.82 Å². The number of aliphatic carboxylic acids is 1. The maximum Gasteiger partial charge on any atom is 0.303 e. The third kappa shape index (κ3) is 5.70. The van der Waals surface area contributed by atoms with E-state index in [2.05, 4.69) is 20.4 Å². The van der Waals surface area contributed by atoms with Gasteiger partial charge in [-0.15, -0.1) is 0 Å². The molecule has 0 spiro atoms. The maximum atomic E-state index is 14.4. The van der Waals surface area contributed by atoms with Crippen LogP contribution in [-0.2, 0) is 16.1 Å². The van der Waals surface area contributed by atoms with Crippen molar-refractivity contribution < 1.29 is 23.6 Å². The molecule has 0 saturated carbocycles. The number of ether oxygens (including phenoxy) is 1. The van der Waals surface area contributed by atoms with E-state index in [-0.39, 0.29) is 12.2 Å². The predicted molar refractivity (Wildman–Crippen MR) is 129 cm³/mol. The molecule has 0 aliphatic rings. The van der Waals surface area contributed by atoms with E-state index in [0.717, 1.165) is 16.7 Å². The van der Waals surface area contributed by atoms with Crippen LogP contribution in [0.3, 0.4) is 0 Å². The maximum absolute atomic E-state index is 14.4. The number of rotatable bonds is 10. The summed E-state index contributed by atoms with van der Waals surface area (Å²) in [4.78, 5) is 19.6. The van der Waals surface area contributed by atoms with Crippen molar-refractivity contribution in [3.63, 3.8) is 0 Å². The van der Waals surface area contributed by atoms with Gasteiger partial charge in [0.1, 0.15) is 11.6 Å². The normalized spacial score (nSPS) is 10.9. The molecule has 0 unspecified atom stereocenters. The van der Waals surface area contributed by atoms with E-state index in [1.54, 1.807) is 31.5 Å². The molecule has 2 N–H and O–H groups in total. The van der Waals surface area contributed by atoms with Crippen LogP contribution in [0.25, 0.3) is 34.0 Å². The molecule has 0 atom stereocenters. The van der Waals surface area contributed by atoms with Crippen molar-refractivity contribution >= 4 is 11.8 Å². The summed E-state index contributed by atoms with van der Waals surface area (Å²) in [6.07, 6.45) is 2.25. The zero-order valence-electron chi connectivity index (χ0n) is 19.4. The lowest BCUT2D eigenvalue weighted by Gasteiger charge is -2.11. The van der Waals surface area contributed by atoms with Gasteiger partial charge < -0.3 is 19.7 Å². The molecule has 0 saturated heterocycles. The van der Waals surface area contributed by atoms with Gasteiger partial charge in [-0.25, -0.2) is 9.37 Å². The Hall–Kier alpha value is -4.11. The summed E-state index contributed by atoms with van der Waals surface area (Å²) in [5.74, 6) is 0.262. The highest BCUT2D eigenvalue weighted by Gasteiger charge is 2.16. The predicted octanol–water partition coefficient (Wildman–Crippen LogP) is 5.34. The number of carboxylic acids is 1. The number of carbonyl (C=O) groups is 1. The Bertz CT molecular complexity index is 1340. The Labute approximate surface area is 201 Å². The summed E-state index contributed by atoms with van der Waals surface area (Å²) in [5.41, 5.74) is 4.28. The van der Waals surface area contributed by atoms with Gasteiger partial charge in [0.05, 0.1) is 6.61 Å². The summed E-state index contributed by atoms with van der Waals surface area (Å²) in [6, 6.07) is 14.0. The van der Waals surface area contributed by atoms with Crippen molar-refractivity contribution in [3.8, 4) is 34.0 Å².